The molecule has 1 aromatic rings. The van der Waals surface area contributed by atoms with Crippen LogP contribution < -0.4 is 5.32 Å². The minimum Gasteiger partial charge on any atom is -0.389 e. The van der Waals surface area contributed by atoms with E-state index in [1.807, 2.05) is 6.20 Å². The molecule has 0 fully saturated rings. The van der Waals surface area contributed by atoms with E-state index in [0.717, 1.165) is 12.2 Å². The number of aromatic nitrogens is 3. The molecule has 0 saturated carbocycles. The largest absolute Gasteiger partial charge is 0.389 e. The number of ether oxygens (including phenoxy) is 2. The topological polar surface area (TPSA) is 81.4 Å². The van der Waals surface area contributed by atoms with Crippen molar-refractivity contribution in [1.82, 2.24) is 20.3 Å². The molecule has 0 amide bonds. The highest BCUT2D eigenvalue weighted by molar-refractivity contribution is 4.91. The molecule has 1 unspecified atom stereocenters. The van der Waals surface area contributed by atoms with Crippen molar-refractivity contribution in [3.63, 3.8) is 0 Å². The number of hydrogen-bond donors (Lipinski definition) is 2. The Hall–Kier alpha value is -1.02. The van der Waals surface area contributed by atoms with Gasteiger partial charge in [0.25, 0.3) is 0 Å². The first-order chi connectivity index (χ1) is 9.61. The van der Waals surface area contributed by atoms with E-state index in [-0.39, 0.29) is 6.61 Å². The van der Waals surface area contributed by atoms with Crippen LogP contribution in [0.15, 0.2) is 6.20 Å². The van der Waals surface area contributed by atoms with E-state index in [1.54, 1.807) is 11.8 Å². The standard InChI is InChI=1S/C13H26N4O3/c1-11(2)6-14-7-12-8-17(16-15-12)9-13(18)10-20-5-4-19-3/h8,11,13-14,18H,4-7,9-10H2,1-3H3. The molecule has 0 aliphatic carbocycles. The molecule has 7 heteroatoms. The van der Waals surface area contributed by atoms with Gasteiger partial charge in [0, 0.05) is 19.9 Å². The van der Waals surface area contributed by atoms with Crippen LogP contribution in [0.25, 0.3) is 0 Å². The molecule has 1 aromatic heterocycles. The summed E-state index contributed by atoms with van der Waals surface area (Å²) in [6.45, 7) is 7.61. The number of methoxy groups -OCH3 is 1. The van der Waals surface area contributed by atoms with Gasteiger partial charge in [0.1, 0.15) is 0 Å². The van der Waals surface area contributed by atoms with Crippen LogP contribution in [0.2, 0.25) is 0 Å². The van der Waals surface area contributed by atoms with Crippen LogP contribution in [0.5, 0.6) is 0 Å². The number of hydrogen-bond acceptors (Lipinski definition) is 6. The summed E-state index contributed by atoms with van der Waals surface area (Å²) in [5, 5.41) is 21.1. The van der Waals surface area contributed by atoms with Gasteiger partial charge in [0.05, 0.1) is 38.2 Å². The fourth-order valence-electron chi connectivity index (χ4n) is 1.63. The molecule has 7 nitrogen and oxygen atoms in total. The molecule has 1 atom stereocenters. The van der Waals surface area contributed by atoms with Gasteiger partial charge >= 0.3 is 0 Å². The summed E-state index contributed by atoms with van der Waals surface area (Å²) in [5.74, 6) is 0.608. The zero-order valence-corrected chi connectivity index (χ0v) is 12.6. The Labute approximate surface area is 120 Å². The molecular formula is C13H26N4O3. The minimum absolute atomic E-state index is 0.268. The van der Waals surface area contributed by atoms with Crippen LogP contribution in [-0.4, -0.2) is 59.7 Å². The van der Waals surface area contributed by atoms with E-state index in [4.69, 9.17) is 9.47 Å². The molecule has 0 bridgehead atoms. The van der Waals surface area contributed by atoms with Crippen molar-refractivity contribution in [3.05, 3.63) is 11.9 Å². The van der Waals surface area contributed by atoms with Crippen LogP contribution in [-0.2, 0) is 22.6 Å². The Morgan fingerprint density at radius 2 is 2.20 bits per heavy atom. The number of nitrogens with zero attached hydrogens (tertiary/aromatic N) is 3. The average molecular weight is 286 g/mol. The lowest BCUT2D eigenvalue weighted by molar-refractivity contribution is 0.00579. The van der Waals surface area contributed by atoms with E-state index < -0.39 is 6.10 Å². The van der Waals surface area contributed by atoms with Crippen LogP contribution in [0, 0.1) is 5.92 Å². The molecule has 0 spiro atoms. The molecule has 2 N–H and O–H groups in total. The lowest BCUT2D eigenvalue weighted by Gasteiger charge is -2.10. The highest BCUT2D eigenvalue weighted by atomic mass is 16.5. The maximum absolute atomic E-state index is 9.79. The Morgan fingerprint density at radius 3 is 2.90 bits per heavy atom. The second-order valence-corrected chi connectivity index (χ2v) is 5.18. The SMILES string of the molecule is COCCOCC(O)Cn1cc(CNCC(C)C)nn1. The highest BCUT2D eigenvalue weighted by Gasteiger charge is 2.08. The van der Waals surface area contributed by atoms with Gasteiger partial charge in [-0.15, -0.1) is 5.10 Å². The van der Waals surface area contributed by atoms with Crippen molar-refractivity contribution in [2.24, 2.45) is 5.92 Å². The van der Waals surface area contributed by atoms with E-state index in [9.17, 15) is 5.11 Å². The third kappa shape index (κ3) is 7.54. The van der Waals surface area contributed by atoms with Gasteiger partial charge in [-0.3, -0.25) is 0 Å². The lowest BCUT2D eigenvalue weighted by atomic mass is 10.2. The van der Waals surface area contributed by atoms with E-state index in [0.29, 0.717) is 32.2 Å². The summed E-state index contributed by atoms with van der Waals surface area (Å²) < 4.78 is 11.8. The molecule has 20 heavy (non-hydrogen) atoms. The smallest absolute Gasteiger partial charge is 0.0969 e. The maximum Gasteiger partial charge on any atom is 0.0969 e. The number of nitrogens with one attached hydrogen (secondary N) is 1. The second kappa shape index (κ2) is 9.82. The van der Waals surface area contributed by atoms with E-state index in [1.165, 1.54) is 0 Å². The monoisotopic (exact) mass is 286 g/mol. The first-order valence-corrected chi connectivity index (χ1v) is 6.96. The quantitative estimate of drug-likeness (QED) is 0.559. The third-order valence-electron chi connectivity index (χ3n) is 2.58. The van der Waals surface area contributed by atoms with Gasteiger partial charge in [-0.2, -0.15) is 0 Å². The minimum atomic E-state index is -0.593. The first kappa shape index (κ1) is 17.0. The molecule has 116 valence electrons. The van der Waals surface area contributed by atoms with Crippen LogP contribution in [0.3, 0.4) is 0 Å². The van der Waals surface area contributed by atoms with Crippen molar-refractivity contribution in [3.8, 4) is 0 Å². The molecule has 0 saturated heterocycles. The van der Waals surface area contributed by atoms with Crippen molar-refractivity contribution in [1.29, 1.82) is 0 Å². The fourth-order valence-corrected chi connectivity index (χ4v) is 1.63. The van der Waals surface area contributed by atoms with Crippen LogP contribution in [0.1, 0.15) is 19.5 Å². The Bertz CT molecular complexity index is 357. The van der Waals surface area contributed by atoms with E-state index in [2.05, 4.69) is 29.5 Å². The second-order valence-electron chi connectivity index (χ2n) is 5.18. The van der Waals surface area contributed by atoms with Gasteiger partial charge in [-0.05, 0) is 12.5 Å². The van der Waals surface area contributed by atoms with Gasteiger partial charge in [-0.1, -0.05) is 19.1 Å². The van der Waals surface area contributed by atoms with Gasteiger partial charge < -0.3 is 19.9 Å². The predicted octanol–water partition coefficient (Wildman–Crippen LogP) is 0.0476. The van der Waals surface area contributed by atoms with Crippen molar-refractivity contribution in [2.45, 2.75) is 33.0 Å². The number of aliphatic hydroxyl groups is 1. The molecular weight excluding hydrogens is 260 g/mol. The van der Waals surface area contributed by atoms with Gasteiger partial charge in [-0.25, -0.2) is 4.68 Å². The lowest BCUT2D eigenvalue weighted by Crippen LogP contribution is -2.23. The summed E-state index contributed by atoms with van der Waals surface area (Å²) in [5.41, 5.74) is 0.873. The van der Waals surface area contributed by atoms with Crippen molar-refractivity contribution < 1.29 is 14.6 Å². The van der Waals surface area contributed by atoms with E-state index >= 15 is 0 Å². The van der Waals surface area contributed by atoms with Crippen molar-refractivity contribution in [2.75, 3.05) is 33.5 Å². The summed E-state index contributed by atoms with van der Waals surface area (Å²) in [6, 6.07) is 0. The van der Waals surface area contributed by atoms with Crippen molar-refractivity contribution >= 4 is 0 Å². The molecule has 0 aromatic carbocycles. The fraction of sp³-hybridized carbons (Fsp3) is 0.846. The Morgan fingerprint density at radius 1 is 1.40 bits per heavy atom. The maximum atomic E-state index is 9.79. The Kier molecular flexibility index (Phi) is 8.36. The molecule has 1 heterocycles. The Balaban J connectivity index is 2.21. The molecule has 0 aliphatic heterocycles. The number of rotatable bonds is 11. The van der Waals surface area contributed by atoms with Crippen LogP contribution in [0.4, 0.5) is 0 Å². The summed E-state index contributed by atoms with van der Waals surface area (Å²) in [7, 11) is 1.62. The highest BCUT2D eigenvalue weighted by Crippen LogP contribution is 1.97. The normalized spacial score (nSPS) is 13.1. The predicted molar refractivity (Wildman–Crippen MR) is 75.3 cm³/mol. The summed E-state index contributed by atoms with van der Waals surface area (Å²) in [4.78, 5) is 0. The van der Waals surface area contributed by atoms with Crippen LogP contribution >= 0.6 is 0 Å². The third-order valence-corrected chi connectivity index (χ3v) is 2.58. The molecule has 0 radical (unpaired) electrons. The zero-order valence-electron chi connectivity index (χ0n) is 12.6. The number of aliphatic hydroxyl groups excluding tert-OH is 1. The first-order valence-electron chi connectivity index (χ1n) is 6.96. The van der Waals surface area contributed by atoms with Gasteiger partial charge in [0.2, 0.25) is 0 Å². The van der Waals surface area contributed by atoms with Gasteiger partial charge in [0.15, 0.2) is 0 Å². The zero-order chi connectivity index (χ0) is 14.8. The average Bonchev–Trinajstić information content (AvgIpc) is 2.82. The molecule has 1 rings (SSSR count). The molecule has 0 aliphatic rings. The summed E-state index contributed by atoms with van der Waals surface area (Å²) in [6.07, 6.45) is 1.25. The summed E-state index contributed by atoms with van der Waals surface area (Å²) >= 11 is 0.